The fourth-order valence-corrected chi connectivity index (χ4v) is 1.67. The summed E-state index contributed by atoms with van der Waals surface area (Å²) < 4.78 is 0. The predicted octanol–water partition coefficient (Wildman–Crippen LogP) is 6.98. The van der Waals surface area contributed by atoms with Crippen LogP contribution in [0.3, 0.4) is 0 Å². The van der Waals surface area contributed by atoms with Crippen molar-refractivity contribution in [1.82, 2.24) is 0 Å². The van der Waals surface area contributed by atoms with Crippen LogP contribution in [0.5, 0.6) is 5.75 Å². The molecule has 0 aliphatic carbocycles. The van der Waals surface area contributed by atoms with E-state index in [0.29, 0.717) is 5.75 Å². The molecule has 0 atom stereocenters. The minimum absolute atomic E-state index is 0. The van der Waals surface area contributed by atoms with Crippen molar-refractivity contribution in [2.75, 3.05) is 0 Å². The summed E-state index contributed by atoms with van der Waals surface area (Å²) in [4.78, 5) is 0. The molecule has 0 fully saturated rings. The summed E-state index contributed by atoms with van der Waals surface area (Å²) >= 11 is 0. The Labute approximate surface area is 182 Å². The average molecular weight is 417 g/mol. The molecule has 0 saturated heterocycles. The third-order valence-corrected chi connectivity index (χ3v) is 3.04. The van der Waals surface area contributed by atoms with Gasteiger partial charge in [-0.2, -0.15) is 31.0 Å². The second-order valence-corrected chi connectivity index (χ2v) is 5.86. The van der Waals surface area contributed by atoms with E-state index in [1.165, 1.54) is 5.56 Å². The number of phenols is 1. The third kappa shape index (κ3) is 14.1. The van der Waals surface area contributed by atoms with Crippen LogP contribution in [0.1, 0.15) is 65.2 Å². The van der Waals surface area contributed by atoms with Gasteiger partial charge in [0.15, 0.2) is 0 Å². The van der Waals surface area contributed by atoms with Gasteiger partial charge in [-0.25, -0.2) is 0 Å². The van der Waals surface area contributed by atoms with Gasteiger partial charge in [0.25, 0.3) is 0 Å². The van der Waals surface area contributed by atoms with E-state index in [4.69, 9.17) is 5.11 Å². The van der Waals surface area contributed by atoms with Gasteiger partial charge >= 0.3 is 0 Å². The molecule has 0 aliphatic rings. The zero-order valence-electron chi connectivity index (χ0n) is 17.3. The van der Waals surface area contributed by atoms with Crippen LogP contribution in [-0.2, 0) is 44.5 Å². The van der Waals surface area contributed by atoms with E-state index in [-0.39, 0.29) is 38.1 Å². The molecule has 2 rings (SSSR count). The molecule has 0 heterocycles. The van der Waals surface area contributed by atoms with Crippen LogP contribution < -0.4 is 0 Å². The van der Waals surface area contributed by atoms with Crippen LogP contribution >= 0.6 is 0 Å². The van der Waals surface area contributed by atoms with Crippen LogP contribution in [-0.4, -0.2) is 5.11 Å². The molecule has 1 radical (unpaired) electrons. The van der Waals surface area contributed by atoms with E-state index in [9.17, 15) is 0 Å². The average Bonchev–Trinajstić information content (AvgIpc) is 2.59. The van der Waals surface area contributed by atoms with Gasteiger partial charge < -0.3 is 12.0 Å². The van der Waals surface area contributed by atoms with E-state index in [1.54, 1.807) is 12.1 Å². The summed E-state index contributed by atoms with van der Waals surface area (Å²) in [6, 6.07) is 15.5. The molecule has 0 spiro atoms. The molecule has 0 amide bonds. The van der Waals surface area contributed by atoms with Crippen molar-refractivity contribution in [1.29, 1.82) is 0 Å². The van der Waals surface area contributed by atoms with E-state index in [0.717, 1.165) is 17.5 Å². The Morgan fingerprint density at radius 2 is 1.20 bits per heavy atom. The number of phenolic OH excluding ortho intramolecular Hbond substituents is 1. The van der Waals surface area contributed by atoms with Crippen LogP contribution in [0.25, 0.3) is 0 Å². The van der Waals surface area contributed by atoms with Crippen LogP contribution in [0, 0.1) is 13.8 Å². The second kappa shape index (κ2) is 16.7. The normalized spacial score (nSPS) is 8.96. The quantitative estimate of drug-likeness (QED) is 0.496. The molecule has 0 saturated carbocycles. The molecule has 139 valence electrons. The first-order chi connectivity index (χ1) is 11.3. The van der Waals surface area contributed by atoms with Gasteiger partial charge in [-0.15, -0.1) is 12.1 Å². The Hall–Kier alpha value is -0.786. The summed E-state index contributed by atoms with van der Waals surface area (Å²) in [6.45, 7) is 22.2. The Morgan fingerprint density at radius 1 is 0.800 bits per heavy atom. The SMILES string of the molecule is CC.CC.[CH2-]Cc1ccc(O)cc1.[CH2-]c1ccc(C(C)(C)C)cc1.[Y]. The molecule has 0 unspecified atom stereocenters. The van der Waals surface area contributed by atoms with E-state index in [1.807, 2.05) is 39.8 Å². The maximum Gasteiger partial charge on any atom is 0.115 e. The monoisotopic (exact) mass is 417 g/mol. The van der Waals surface area contributed by atoms with E-state index < -0.39 is 0 Å². The van der Waals surface area contributed by atoms with Gasteiger partial charge in [0, 0.05) is 32.7 Å². The molecule has 1 nitrogen and oxygen atoms in total. The zero-order chi connectivity index (χ0) is 19.2. The topological polar surface area (TPSA) is 20.2 Å². The Balaban J connectivity index is -0.000000316. The molecule has 1 N–H and O–H groups in total. The zero-order valence-corrected chi connectivity index (χ0v) is 20.1. The Kier molecular flexibility index (Phi) is 19.3. The van der Waals surface area contributed by atoms with Gasteiger partial charge in [0.05, 0.1) is 0 Å². The van der Waals surface area contributed by atoms with Crippen molar-refractivity contribution < 1.29 is 37.8 Å². The molecule has 0 aliphatic heterocycles. The standard InChI is InChI=1S/C11H15.C8H9O.2C2H6.Y/c1-9-5-7-10(8-6-9)11(2,3)4;1-2-7-3-5-8(9)6-4-7;2*1-2;/h5-8H,1H2,2-4H3;3-6,9H,1-2H2;2*1-2H3;/q2*-1;;;. The first-order valence-corrected chi connectivity index (χ1v) is 8.82. The third-order valence-electron chi connectivity index (χ3n) is 3.04. The predicted molar refractivity (Wildman–Crippen MR) is 109 cm³/mol. The van der Waals surface area contributed by atoms with Gasteiger partial charge in [-0.3, -0.25) is 0 Å². The first-order valence-electron chi connectivity index (χ1n) is 8.82. The molecule has 2 aromatic rings. The number of hydrogen-bond donors (Lipinski definition) is 1. The summed E-state index contributed by atoms with van der Waals surface area (Å²) in [5, 5.41) is 8.83. The van der Waals surface area contributed by atoms with Gasteiger partial charge in [0.1, 0.15) is 5.75 Å². The van der Waals surface area contributed by atoms with Crippen molar-refractivity contribution in [3.05, 3.63) is 79.1 Å². The fraction of sp³-hybridized carbons (Fsp3) is 0.391. The minimum Gasteiger partial charge on any atom is -0.508 e. The number of hydrogen-bond acceptors (Lipinski definition) is 1. The van der Waals surface area contributed by atoms with Crippen molar-refractivity contribution in [3.63, 3.8) is 0 Å². The maximum atomic E-state index is 8.83. The largest absolute Gasteiger partial charge is 0.508 e. The molecule has 25 heavy (non-hydrogen) atoms. The van der Waals surface area contributed by atoms with Crippen molar-refractivity contribution in [2.45, 2.75) is 60.3 Å². The maximum absolute atomic E-state index is 8.83. The van der Waals surface area contributed by atoms with Crippen molar-refractivity contribution >= 4 is 0 Å². The van der Waals surface area contributed by atoms with Gasteiger partial charge in [-0.05, 0) is 17.5 Å². The summed E-state index contributed by atoms with van der Waals surface area (Å²) in [6.07, 6.45) is 0.778. The van der Waals surface area contributed by atoms with Crippen molar-refractivity contribution in [3.8, 4) is 5.75 Å². The van der Waals surface area contributed by atoms with Gasteiger partial charge in [0.2, 0.25) is 0 Å². The number of rotatable bonds is 1. The molecule has 0 bridgehead atoms. The van der Waals surface area contributed by atoms with Crippen molar-refractivity contribution in [2.24, 2.45) is 0 Å². The first kappa shape index (κ1) is 29.0. The molecule has 0 aromatic heterocycles. The van der Waals surface area contributed by atoms with Crippen LogP contribution in [0.2, 0.25) is 0 Å². The second-order valence-electron chi connectivity index (χ2n) is 5.86. The number of aromatic hydroxyl groups is 1. The smallest absolute Gasteiger partial charge is 0.115 e. The molecular formula is C23H36OY-2. The Morgan fingerprint density at radius 3 is 1.52 bits per heavy atom. The minimum atomic E-state index is 0. The Bertz CT molecular complexity index is 507. The van der Waals surface area contributed by atoms with Gasteiger partial charge in [-0.1, -0.05) is 71.7 Å². The fourth-order valence-electron chi connectivity index (χ4n) is 1.67. The van der Waals surface area contributed by atoms with E-state index >= 15 is 0 Å². The summed E-state index contributed by atoms with van der Waals surface area (Å²) in [5.74, 6) is 0.312. The molecular weight excluding hydrogens is 381 g/mol. The molecule has 2 aromatic carbocycles. The molecule has 2 heteroatoms. The van der Waals surface area contributed by atoms with E-state index in [2.05, 4.69) is 58.9 Å². The summed E-state index contributed by atoms with van der Waals surface area (Å²) in [5.41, 5.74) is 3.85. The van der Waals surface area contributed by atoms with Crippen LogP contribution in [0.4, 0.5) is 0 Å². The van der Waals surface area contributed by atoms with Crippen LogP contribution in [0.15, 0.2) is 48.5 Å². The summed E-state index contributed by atoms with van der Waals surface area (Å²) in [7, 11) is 0. The number of benzene rings is 2.